The highest BCUT2D eigenvalue weighted by atomic mass is 19.4. The molecule has 4 N–H and O–H groups in total. The minimum Gasteiger partial charge on any atom is -0.476 e. The Morgan fingerprint density at radius 2 is 2.23 bits per heavy atom. The van der Waals surface area contributed by atoms with Gasteiger partial charge in [0.25, 0.3) is 0 Å². The fourth-order valence-electron chi connectivity index (χ4n) is 2.33. The molecule has 122 valence electrons. The van der Waals surface area contributed by atoms with E-state index in [-0.39, 0.29) is 36.7 Å². The lowest BCUT2D eigenvalue weighted by atomic mass is 9.93. The highest BCUT2D eigenvalue weighted by Crippen LogP contribution is 2.38. The molecule has 2 rings (SSSR count). The van der Waals surface area contributed by atoms with Gasteiger partial charge in [-0.05, 0) is 6.42 Å². The van der Waals surface area contributed by atoms with E-state index in [0.29, 0.717) is 0 Å². The van der Waals surface area contributed by atoms with Crippen LogP contribution in [0, 0.1) is 5.92 Å². The van der Waals surface area contributed by atoms with Crippen molar-refractivity contribution in [3.05, 3.63) is 17.8 Å². The second-order valence-electron chi connectivity index (χ2n) is 5.07. The zero-order valence-corrected chi connectivity index (χ0v) is 11.2. The fraction of sp³-hybridized carbons (Fsp3) is 0.583. The number of alkyl halides is 3. The van der Waals surface area contributed by atoms with Crippen molar-refractivity contribution in [3.63, 3.8) is 0 Å². The van der Waals surface area contributed by atoms with Crippen LogP contribution < -0.4 is 5.73 Å². The minimum atomic E-state index is -4.45. The molecule has 1 aromatic heterocycles. The Morgan fingerprint density at radius 3 is 2.77 bits per heavy atom. The summed E-state index contributed by atoms with van der Waals surface area (Å²) in [7, 11) is 0. The van der Waals surface area contributed by atoms with Crippen molar-refractivity contribution in [2.24, 2.45) is 16.6 Å². The molecular formula is C12H14F3N3O4. The smallest absolute Gasteiger partial charge is 0.394 e. The van der Waals surface area contributed by atoms with Crippen molar-refractivity contribution in [1.29, 1.82) is 0 Å². The standard InChI is InChI=1S/C12H14F3N3O4/c13-12(14,15)6-3-9(16)17-7(6)1-5(19)2-10-18-8(4-22-10)11(20)21/h4-7,19H,1-3H2,(H2,16,17)(H,20,21)/t5?,6-,7+/m1/s1. The Labute approximate surface area is 122 Å². The van der Waals surface area contributed by atoms with Gasteiger partial charge in [0.15, 0.2) is 11.6 Å². The van der Waals surface area contributed by atoms with E-state index >= 15 is 0 Å². The van der Waals surface area contributed by atoms with E-state index in [9.17, 15) is 23.1 Å². The molecule has 0 fully saturated rings. The van der Waals surface area contributed by atoms with Crippen LogP contribution >= 0.6 is 0 Å². The molecule has 10 heteroatoms. The van der Waals surface area contributed by atoms with E-state index in [4.69, 9.17) is 15.3 Å². The van der Waals surface area contributed by atoms with Crippen LogP contribution in [0.3, 0.4) is 0 Å². The summed E-state index contributed by atoms with van der Waals surface area (Å²) in [6.45, 7) is 0. The number of amidine groups is 1. The third-order valence-electron chi connectivity index (χ3n) is 3.34. The van der Waals surface area contributed by atoms with Gasteiger partial charge in [-0.25, -0.2) is 9.78 Å². The van der Waals surface area contributed by atoms with Gasteiger partial charge in [-0.1, -0.05) is 0 Å². The second-order valence-corrected chi connectivity index (χ2v) is 5.07. The topological polar surface area (TPSA) is 122 Å². The maximum atomic E-state index is 12.8. The Bertz CT molecular complexity index is 584. The summed E-state index contributed by atoms with van der Waals surface area (Å²) in [6, 6.07) is -1.16. The molecule has 1 unspecified atom stereocenters. The van der Waals surface area contributed by atoms with E-state index in [1.165, 1.54) is 0 Å². The third kappa shape index (κ3) is 3.75. The lowest BCUT2D eigenvalue weighted by molar-refractivity contribution is -0.177. The highest BCUT2D eigenvalue weighted by Gasteiger charge is 2.48. The SMILES string of the molecule is NC1=N[C@@H](CC(O)Cc2nc(C(=O)O)co2)[C@H](C(F)(F)F)C1. The first kappa shape index (κ1) is 16.3. The summed E-state index contributed by atoms with van der Waals surface area (Å²) in [4.78, 5) is 17.9. The van der Waals surface area contributed by atoms with E-state index in [0.717, 1.165) is 6.26 Å². The second kappa shape index (κ2) is 5.95. The Hall–Kier alpha value is -2.10. The number of aromatic nitrogens is 1. The van der Waals surface area contributed by atoms with Crippen LogP contribution in [0.5, 0.6) is 0 Å². The first-order valence-electron chi connectivity index (χ1n) is 6.41. The van der Waals surface area contributed by atoms with Crippen molar-refractivity contribution in [3.8, 4) is 0 Å². The minimum absolute atomic E-state index is 0.0663. The number of carboxylic acid groups (broad SMARTS) is 1. The number of carbonyl (C=O) groups is 1. The van der Waals surface area contributed by atoms with Crippen molar-refractivity contribution in [1.82, 2.24) is 4.98 Å². The fourth-order valence-corrected chi connectivity index (χ4v) is 2.33. The van der Waals surface area contributed by atoms with E-state index in [2.05, 4.69) is 9.98 Å². The number of nitrogens with zero attached hydrogens (tertiary/aromatic N) is 2. The van der Waals surface area contributed by atoms with E-state index in [1.807, 2.05) is 0 Å². The lowest BCUT2D eigenvalue weighted by Crippen LogP contribution is -2.33. The van der Waals surface area contributed by atoms with Crippen LogP contribution in [-0.2, 0) is 6.42 Å². The predicted molar refractivity (Wildman–Crippen MR) is 67.4 cm³/mol. The van der Waals surface area contributed by atoms with Crippen LogP contribution in [0.2, 0.25) is 0 Å². The first-order valence-corrected chi connectivity index (χ1v) is 6.41. The molecule has 1 aliphatic heterocycles. The molecular weight excluding hydrogens is 307 g/mol. The zero-order valence-electron chi connectivity index (χ0n) is 11.2. The van der Waals surface area contributed by atoms with Gasteiger partial charge in [0.1, 0.15) is 6.26 Å². The van der Waals surface area contributed by atoms with Crippen molar-refractivity contribution >= 4 is 11.8 Å². The van der Waals surface area contributed by atoms with Crippen LogP contribution in [0.25, 0.3) is 0 Å². The van der Waals surface area contributed by atoms with Gasteiger partial charge in [0, 0.05) is 6.42 Å². The largest absolute Gasteiger partial charge is 0.476 e. The molecule has 0 saturated heterocycles. The van der Waals surface area contributed by atoms with Crippen molar-refractivity contribution in [2.75, 3.05) is 0 Å². The molecule has 0 aromatic carbocycles. The number of hydrogen-bond acceptors (Lipinski definition) is 6. The zero-order chi connectivity index (χ0) is 16.5. The molecule has 0 spiro atoms. The normalized spacial score (nSPS) is 23.4. The summed E-state index contributed by atoms with van der Waals surface area (Å²) in [5, 5.41) is 18.5. The lowest BCUT2D eigenvalue weighted by Gasteiger charge is -2.22. The number of aliphatic hydroxyl groups excluding tert-OH is 1. The van der Waals surface area contributed by atoms with E-state index < -0.39 is 30.2 Å². The number of oxazole rings is 1. The summed E-state index contributed by atoms with van der Waals surface area (Å²) < 4.78 is 43.4. The molecule has 0 bridgehead atoms. The maximum Gasteiger partial charge on any atom is 0.394 e. The van der Waals surface area contributed by atoms with Gasteiger partial charge in [0.2, 0.25) is 0 Å². The number of carboxylic acids is 1. The molecule has 7 nitrogen and oxygen atoms in total. The van der Waals surface area contributed by atoms with Gasteiger partial charge in [-0.2, -0.15) is 13.2 Å². The number of aromatic carboxylic acids is 1. The molecule has 0 radical (unpaired) electrons. The van der Waals surface area contributed by atoms with Crippen molar-refractivity contribution < 1.29 is 32.6 Å². The van der Waals surface area contributed by atoms with Crippen LogP contribution in [0.1, 0.15) is 29.2 Å². The molecule has 0 saturated carbocycles. The van der Waals surface area contributed by atoms with Crippen molar-refractivity contribution in [2.45, 2.75) is 37.6 Å². The Morgan fingerprint density at radius 1 is 1.55 bits per heavy atom. The monoisotopic (exact) mass is 321 g/mol. The Kier molecular flexibility index (Phi) is 4.40. The number of nitrogens with two attached hydrogens (primary N) is 1. The van der Waals surface area contributed by atoms with E-state index in [1.54, 1.807) is 0 Å². The van der Waals surface area contributed by atoms with Gasteiger partial charge in [-0.15, -0.1) is 0 Å². The molecule has 0 aliphatic carbocycles. The maximum absolute atomic E-state index is 12.8. The summed E-state index contributed by atoms with van der Waals surface area (Å²) in [5.41, 5.74) is 5.01. The predicted octanol–water partition coefficient (Wildman–Crippen LogP) is 0.974. The molecule has 22 heavy (non-hydrogen) atoms. The average Bonchev–Trinajstić information content (AvgIpc) is 2.95. The number of aliphatic hydroxyl groups is 1. The molecule has 3 atom stereocenters. The van der Waals surface area contributed by atoms with Crippen LogP contribution in [0.4, 0.5) is 13.2 Å². The summed E-state index contributed by atoms with van der Waals surface area (Å²) >= 11 is 0. The quantitative estimate of drug-likeness (QED) is 0.743. The van der Waals surface area contributed by atoms with Gasteiger partial charge in [0.05, 0.1) is 30.3 Å². The van der Waals surface area contributed by atoms with Crippen LogP contribution in [-0.4, -0.2) is 45.3 Å². The number of halogens is 3. The third-order valence-corrected chi connectivity index (χ3v) is 3.34. The molecule has 1 aliphatic rings. The molecule has 0 amide bonds. The molecule has 1 aromatic rings. The number of hydrogen-bond donors (Lipinski definition) is 3. The van der Waals surface area contributed by atoms with Gasteiger partial charge in [-0.3, -0.25) is 4.99 Å². The Balaban J connectivity index is 1.98. The van der Waals surface area contributed by atoms with Gasteiger partial charge < -0.3 is 20.4 Å². The van der Waals surface area contributed by atoms with Crippen LogP contribution in [0.15, 0.2) is 15.7 Å². The summed E-state index contributed by atoms with van der Waals surface area (Å²) in [6.07, 6.45) is -5.62. The highest BCUT2D eigenvalue weighted by molar-refractivity contribution is 5.84. The molecule has 2 heterocycles. The average molecular weight is 321 g/mol. The number of aliphatic imine (C=N–C) groups is 1. The summed E-state index contributed by atoms with van der Waals surface area (Å²) in [5.74, 6) is -3.18. The van der Waals surface area contributed by atoms with Gasteiger partial charge >= 0.3 is 12.1 Å². The first-order chi connectivity index (χ1) is 10.2. The number of rotatable bonds is 5.